The fraction of sp³-hybridized carbons (Fsp3) is 0.778. The Hall–Kier alpha value is -0.873. The molecule has 0 saturated heterocycles. The van der Waals surface area contributed by atoms with Crippen molar-refractivity contribution in [3.63, 3.8) is 0 Å². The first-order valence-electron chi connectivity index (χ1n) is 4.26. The van der Waals surface area contributed by atoms with E-state index < -0.39 is 13.4 Å². The second kappa shape index (κ2) is 3.89. The lowest BCUT2D eigenvalue weighted by molar-refractivity contribution is 0.526. The number of nitrogens with zero attached hydrogens (tertiary/aromatic N) is 2. The average molecular weight is 198 g/mol. The van der Waals surface area contributed by atoms with Crippen LogP contribution in [0.15, 0.2) is 0 Å². The summed E-state index contributed by atoms with van der Waals surface area (Å²) < 4.78 is 13.7. The Morgan fingerprint density at radius 1 is 1.46 bits per heavy atom. The maximum atomic E-state index is 13.7. The van der Waals surface area contributed by atoms with E-state index in [1.165, 1.54) is 13.1 Å². The second-order valence-corrected chi connectivity index (χ2v) is 8.20. The van der Waals surface area contributed by atoms with E-state index in [1.54, 1.807) is 13.8 Å². The van der Waals surface area contributed by atoms with Crippen LogP contribution >= 0.6 is 0 Å². The molecule has 0 spiro atoms. The van der Waals surface area contributed by atoms with Gasteiger partial charge in [-0.3, -0.25) is 0 Å². The molecule has 0 aromatic heterocycles. The lowest BCUT2D eigenvalue weighted by Crippen LogP contribution is -2.36. The quantitative estimate of drug-likeness (QED) is 0.517. The van der Waals surface area contributed by atoms with Gasteiger partial charge in [0.15, 0.2) is 0 Å². The topological polar surface area (TPSA) is 47.6 Å². The molecule has 0 aliphatic carbocycles. The lowest BCUT2D eigenvalue weighted by Gasteiger charge is -2.30. The van der Waals surface area contributed by atoms with E-state index in [0.717, 1.165) is 0 Å². The summed E-state index contributed by atoms with van der Waals surface area (Å²) in [6, 6.07) is 4.05. The highest BCUT2D eigenvalue weighted by Gasteiger charge is 2.45. The Bertz CT molecular complexity index is 258. The minimum absolute atomic E-state index is 0.257. The molecule has 0 saturated carbocycles. The molecule has 0 aromatic carbocycles. The molecule has 0 heterocycles. The number of hydrogen-bond donors (Lipinski definition) is 0. The Morgan fingerprint density at radius 3 is 2.15 bits per heavy atom. The number of hydrogen-bond acceptors (Lipinski definition) is 2. The van der Waals surface area contributed by atoms with Crippen molar-refractivity contribution >= 4 is 8.41 Å². The largest absolute Gasteiger partial charge is 0.313 e. The van der Waals surface area contributed by atoms with Crippen molar-refractivity contribution in [1.82, 2.24) is 0 Å². The van der Waals surface area contributed by atoms with Gasteiger partial charge in [0.2, 0.25) is 0 Å². The molecule has 2 unspecified atom stereocenters. The van der Waals surface area contributed by atoms with E-state index in [-0.39, 0.29) is 5.92 Å². The van der Waals surface area contributed by atoms with Crippen LogP contribution in [-0.2, 0) is 0 Å². The predicted octanol–water partition coefficient (Wildman–Crippen LogP) is 2.99. The Labute approximate surface area is 80.2 Å². The molecule has 0 radical (unpaired) electrons. The molecule has 0 bridgehead atoms. The van der Waals surface area contributed by atoms with Crippen molar-refractivity contribution in [2.75, 3.05) is 0 Å². The van der Waals surface area contributed by atoms with Crippen LogP contribution < -0.4 is 0 Å². The van der Waals surface area contributed by atoms with Gasteiger partial charge >= 0.3 is 0 Å². The minimum Gasteiger partial charge on any atom is -0.313 e. The smallest absolute Gasteiger partial charge is 0.260 e. The van der Waals surface area contributed by atoms with Gasteiger partial charge in [0.25, 0.3) is 8.41 Å². The molecular weight excluding hydrogens is 183 g/mol. The van der Waals surface area contributed by atoms with Gasteiger partial charge in [-0.15, -0.1) is 0 Å². The molecule has 0 aliphatic heterocycles. The van der Waals surface area contributed by atoms with Crippen LogP contribution in [0.1, 0.15) is 20.3 Å². The van der Waals surface area contributed by atoms with Gasteiger partial charge in [-0.05, 0) is 33.4 Å². The van der Waals surface area contributed by atoms with Gasteiger partial charge in [0.1, 0.15) is 0 Å². The molecule has 0 rings (SSSR count). The predicted molar refractivity (Wildman–Crippen MR) is 52.0 cm³/mol. The molecule has 0 aliphatic rings. The van der Waals surface area contributed by atoms with Crippen molar-refractivity contribution < 1.29 is 4.11 Å². The molecule has 72 valence electrons. The zero-order chi connectivity index (χ0) is 10.7. The first-order chi connectivity index (χ1) is 5.77. The van der Waals surface area contributed by atoms with Crippen LogP contribution in [0.3, 0.4) is 0 Å². The van der Waals surface area contributed by atoms with Crippen LogP contribution in [0.25, 0.3) is 0 Å². The zero-order valence-corrected chi connectivity index (χ0v) is 9.56. The summed E-state index contributed by atoms with van der Waals surface area (Å²) >= 11 is 0. The summed E-state index contributed by atoms with van der Waals surface area (Å²) in [5, 5.41) is 16.6. The molecule has 0 aromatic rings. The van der Waals surface area contributed by atoms with Crippen LogP contribution in [0.2, 0.25) is 18.1 Å². The van der Waals surface area contributed by atoms with Crippen LogP contribution in [0.5, 0.6) is 0 Å². The molecule has 13 heavy (non-hydrogen) atoms. The molecule has 2 atom stereocenters. The van der Waals surface area contributed by atoms with E-state index in [0.29, 0.717) is 6.42 Å². The van der Waals surface area contributed by atoms with Crippen LogP contribution in [0.4, 0.5) is 4.11 Å². The van der Waals surface area contributed by atoms with E-state index in [1.807, 2.05) is 12.1 Å². The molecular formula is C9H15FN2Si. The number of rotatable bonds is 3. The Kier molecular flexibility index (Phi) is 3.63. The Morgan fingerprint density at radius 2 is 1.92 bits per heavy atom. The van der Waals surface area contributed by atoms with Crippen molar-refractivity contribution in [3.05, 3.63) is 0 Å². The van der Waals surface area contributed by atoms with E-state index in [2.05, 4.69) is 0 Å². The third-order valence-corrected chi connectivity index (χ3v) is 5.43. The van der Waals surface area contributed by atoms with Crippen LogP contribution in [0, 0.1) is 28.6 Å². The SMILES string of the molecule is CC(C#N)CC(C)(C#N)[Si](C)(C)F. The average Bonchev–Trinajstić information content (AvgIpc) is 2.02. The van der Waals surface area contributed by atoms with Crippen molar-refractivity contribution in [2.45, 2.75) is 38.4 Å². The fourth-order valence-electron chi connectivity index (χ4n) is 1.08. The molecule has 2 nitrogen and oxygen atoms in total. The van der Waals surface area contributed by atoms with Crippen LogP contribution in [-0.4, -0.2) is 8.41 Å². The van der Waals surface area contributed by atoms with Gasteiger partial charge in [0, 0.05) is 5.92 Å². The fourth-order valence-corrected chi connectivity index (χ4v) is 2.14. The standard InChI is InChI=1S/C9H15FN2Si/c1-8(6-11)5-9(2,7-12)13(3,4)10/h8H,5H2,1-4H3. The molecule has 0 amide bonds. The second-order valence-electron chi connectivity index (χ2n) is 4.15. The van der Waals surface area contributed by atoms with Crippen molar-refractivity contribution in [1.29, 1.82) is 10.5 Å². The normalized spacial score (nSPS) is 18.1. The highest BCUT2D eigenvalue weighted by molar-refractivity contribution is 6.74. The van der Waals surface area contributed by atoms with Crippen molar-refractivity contribution in [3.8, 4) is 12.1 Å². The molecule has 0 N–H and O–H groups in total. The van der Waals surface area contributed by atoms with Gasteiger partial charge in [-0.1, -0.05) is 0 Å². The maximum absolute atomic E-state index is 13.7. The number of halogens is 1. The summed E-state index contributed by atoms with van der Waals surface area (Å²) in [7, 11) is -3.00. The minimum atomic E-state index is -3.00. The lowest BCUT2D eigenvalue weighted by atomic mass is 9.99. The van der Waals surface area contributed by atoms with Gasteiger partial charge in [0.05, 0.1) is 17.2 Å². The van der Waals surface area contributed by atoms with E-state index >= 15 is 0 Å². The first kappa shape index (κ1) is 12.1. The van der Waals surface area contributed by atoms with E-state index in [4.69, 9.17) is 10.5 Å². The first-order valence-corrected chi connectivity index (χ1v) is 7.14. The summed E-state index contributed by atoms with van der Waals surface area (Å²) in [4.78, 5) is 0. The van der Waals surface area contributed by atoms with Gasteiger partial charge < -0.3 is 4.11 Å². The van der Waals surface area contributed by atoms with Crippen molar-refractivity contribution in [2.24, 2.45) is 5.92 Å². The van der Waals surface area contributed by atoms with E-state index in [9.17, 15) is 4.11 Å². The molecule has 0 fully saturated rings. The highest BCUT2D eigenvalue weighted by Crippen LogP contribution is 2.43. The zero-order valence-electron chi connectivity index (χ0n) is 8.56. The summed E-state index contributed by atoms with van der Waals surface area (Å²) in [6.45, 7) is 6.36. The number of nitriles is 2. The summed E-state index contributed by atoms with van der Waals surface area (Å²) in [6.07, 6.45) is 0.329. The highest BCUT2D eigenvalue weighted by atomic mass is 28.4. The third kappa shape index (κ3) is 2.82. The van der Waals surface area contributed by atoms with Gasteiger partial charge in [-0.25, -0.2) is 0 Å². The Balaban J connectivity index is 4.72. The summed E-state index contributed by atoms with van der Waals surface area (Å²) in [5.74, 6) is -0.257. The monoisotopic (exact) mass is 198 g/mol. The maximum Gasteiger partial charge on any atom is 0.260 e. The van der Waals surface area contributed by atoms with Gasteiger partial charge in [-0.2, -0.15) is 10.5 Å². The third-order valence-electron chi connectivity index (χ3n) is 2.49. The molecule has 4 heteroatoms. The summed E-state index contributed by atoms with van der Waals surface area (Å²) in [5.41, 5.74) is 0.